The average Bonchev–Trinajstić information content (AvgIpc) is 3.04. The molecule has 1 aromatic carbocycles. The number of aromatic nitrogens is 2. The second-order valence-electron chi connectivity index (χ2n) is 5.61. The molecular formula is C16H18ClN3O2. The maximum absolute atomic E-state index is 12.7. The van der Waals surface area contributed by atoms with E-state index in [1.54, 1.807) is 23.2 Å². The topological polar surface area (TPSA) is 69.2 Å². The molecule has 1 aliphatic rings. The summed E-state index contributed by atoms with van der Waals surface area (Å²) in [5, 5.41) is 16.9. The van der Waals surface area contributed by atoms with Crippen molar-refractivity contribution in [1.82, 2.24) is 15.1 Å². The summed E-state index contributed by atoms with van der Waals surface area (Å²) in [6.45, 7) is 1.44. The Hall–Kier alpha value is -1.85. The maximum atomic E-state index is 12.7. The van der Waals surface area contributed by atoms with E-state index in [1.807, 2.05) is 12.1 Å². The SMILES string of the molecule is O=C(c1cn[nH]c1-c1ccc(Cl)cc1)N1CCCC(CO)C1. The maximum Gasteiger partial charge on any atom is 0.257 e. The fourth-order valence-corrected chi connectivity index (χ4v) is 2.98. The van der Waals surface area contributed by atoms with Crippen molar-refractivity contribution < 1.29 is 9.90 Å². The molecule has 1 aromatic heterocycles. The third kappa shape index (κ3) is 3.00. The van der Waals surface area contributed by atoms with Gasteiger partial charge in [0.15, 0.2) is 0 Å². The molecule has 2 aromatic rings. The van der Waals surface area contributed by atoms with Crippen molar-refractivity contribution in [3.8, 4) is 11.3 Å². The fraction of sp³-hybridized carbons (Fsp3) is 0.375. The normalized spacial score (nSPS) is 18.5. The summed E-state index contributed by atoms with van der Waals surface area (Å²) in [6, 6.07) is 7.29. The van der Waals surface area contributed by atoms with Crippen molar-refractivity contribution >= 4 is 17.5 Å². The zero-order valence-electron chi connectivity index (χ0n) is 12.1. The number of piperidine rings is 1. The van der Waals surface area contributed by atoms with Gasteiger partial charge in [-0.05, 0) is 30.9 Å². The number of amides is 1. The Morgan fingerprint density at radius 2 is 2.18 bits per heavy atom. The molecule has 0 spiro atoms. The number of carbonyl (C=O) groups is 1. The number of aromatic amines is 1. The van der Waals surface area contributed by atoms with E-state index in [0.717, 1.165) is 24.9 Å². The van der Waals surface area contributed by atoms with E-state index in [-0.39, 0.29) is 18.4 Å². The fourth-order valence-electron chi connectivity index (χ4n) is 2.85. The first-order valence-corrected chi connectivity index (χ1v) is 7.76. The van der Waals surface area contributed by atoms with Crippen molar-refractivity contribution in [2.24, 2.45) is 5.92 Å². The van der Waals surface area contributed by atoms with Gasteiger partial charge in [0, 0.05) is 30.3 Å². The van der Waals surface area contributed by atoms with Crippen molar-refractivity contribution in [3.05, 3.63) is 41.0 Å². The first-order valence-electron chi connectivity index (χ1n) is 7.38. The van der Waals surface area contributed by atoms with Crippen LogP contribution in [0.1, 0.15) is 23.2 Å². The number of halogens is 1. The highest BCUT2D eigenvalue weighted by molar-refractivity contribution is 6.30. The number of rotatable bonds is 3. The van der Waals surface area contributed by atoms with E-state index < -0.39 is 0 Å². The number of H-pyrrole nitrogens is 1. The van der Waals surface area contributed by atoms with E-state index in [1.165, 1.54) is 0 Å². The number of benzene rings is 1. The number of aliphatic hydroxyl groups is 1. The van der Waals surface area contributed by atoms with Gasteiger partial charge in [0.2, 0.25) is 0 Å². The van der Waals surface area contributed by atoms with Crippen LogP contribution >= 0.6 is 11.6 Å². The van der Waals surface area contributed by atoms with Gasteiger partial charge in [-0.1, -0.05) is 23.7 Å². The van der Waals surface area contributed by atoms with Gasteiger partial charge in [-0.2, -0.15) is 5.10 Å². The molecule has 1 fully saturated rings. The van der Waals surface area contributed by atoms with E-state index in [0.29, 0.717) is 22.8 Å². The third-order valence-electron chi connectivity index (χ3n) is 4.07. The standard InChI is InChI=1S/C16H18ClN3O2/c17-13-5-3-12(4-6-13)15-14(8-18-19-15)16(22)20-7-1-2-11(9-20)10-21/h3-6,8,11,21H,1-2,7,9-10H2,(H,18,19). The summed E-state index contributed by atoms with van der Waals surface area (Å²) in [4.78, 5) is 14.5. The molecule has 3 rings (SSSR count). The molecule has 2 N–H and O–H groups in total. The summed E-state index contributed by atoms with van der Waals surface area (Å²) in [5.41, 5.74) is 2.13. The molecular weight excluding hydrogens is 302 g/mol. The molecule has 2 heterocycles. The second kappa shape index (κ2) is 6.50. The minimum absolute atomic E-state index is 0.0446. The van der Waals surface area contributed by atoms with Crippen LogP contribution in [0.15, 0.2) is 30.5 Å². The summed E-state index contributed by atoms with van der Waals surface area (Å²) >= 11 is 5.90. The Kier molecular flexibility index (Phi) is 4.45. The Morgan fingerprint density at radius 3 is 2.91 bits per heavy atom. The van der Waals surface area contributed by atoms with Crippen molar-refractivity contribution in [2.75, 3.05) is 19.7 Å². The Bertz CT molecular complexity index is 654. The number of aliphatic hydroxyl groups excluding tert-OH is 1. The van der Waals surface area contributed by atoms with Crippen molar-refractivity contribution in [3.63, 3.8) is 0 Å². The third-order valence-corrected chi connectivity index (χ3v) is 4.32. The molecule has 6 heteroatoms. The molecule has 1 saturated heterocycles. The Balaban J connectivity index is 1.85. The van der Waals surface area contributed by atoms with Gasteiger partial charge in [0.1, 0.15) is 0 Å². The Labute approximate surface area is 133 Å². The minimum atomic E-state index is -0.0446. The van der Waals surface area contributed by atoms with Crippen molar-refractivity contribution in [2.45, 2.75) is 12.8 Å². The van der Waals surface area contributed by atoms with Crippen LogP contribution in [0, 0.1) is 5.92 Å². The van der Waals surface area contributed by atoms with Gasteiger partial charge >= 0.3 is 0 Å². The van der Waals surface area contributed by atoms with Gasteiger partial charge in [-0.25, -0.2) is 0 Å². The largest absolute Gasteiger partial charge is 0.396 e. The molecule has 5 nitrogen and oxygen atoms in total. The minimum Gasteiger partial charge on any atom is -0.396 e. The van der Waals surface area contributed by atoms with Gasteiger partial charge < -0.3 is 10.0 Å². The molecule has 22 heavy (non-hydrogen) atoms. The first kappa shape index (κ1) is 15.1. The van der Waals surface area contributed by atoms with Gasteiger partial charge in [-0.15, -0.1) is 0 Å². The van der Waals surface area contributed by atoms with Gasteiger partial charge in [-0.3, -0.25) is 9.89 Å². The van der Waals surface area contributed by atoms with E-state index >= 15 is 0 Å². The lowest BCUT2D eigenvalue weighted by atomic mass is 9.98. The van der Waals surface area contributed by atoms with E-state index in [2.05, 4.69) is 10.2 Å². The van der Waals surface area contributed by atoms with Crippen LogP contribution in [-0.4, -0.2) is 45.8 Å². The molecule has 1 aliphatic heterocycles. The predicted octanol–water partition coefficient (Wildman–Crippen LogP) is 2.57. The molecule has 0 bridgehead atoms. The Morgan fingerprint density at radius 1 is 1.41 bits per heavy atom. The van der Waals surface area contributed by atoms with E-state index in [9.17, 15) is 9.90 Å². The zero-order valence-corrected chi connectivity index (χ0v) is 12.9. The highest BCUT2D eigenvalue weighted by Gasteiger charge is 2.26. The van der Waals surface area contributed by atoms with Crippen LogP contribution in [0.5, 0.6) is 0 Å². The number of carbonyl (C=O) groups excluding carboxylic acids is 1. The monoisotopic (exact) mass is 319 g/mol. The van der Waals surface area contributed by atoms with Gasteiger partial charge in [0.05, 0.1) is 17.5 Å². The smallest absolute Gasteiger partial charge is 0.257 e. The molecule has 1 atom stereocenters. The number of hydrogen-bond acceptors (Lipinski definition) is 3. The average molecular weight is 320 g/mol. The summed E-state index contributed by atoms with van der Waals surface area (Å²) in [5.74, 6) is 0.125. The molecule has 0 aliphatic carbocycles. The van der Waals surface area contributed by atoms with Crippen LogP contribution in [0.4, 0.5) is 0 Å². The van der Waals surface area contributed by atoms with Crippen LogP contribution in [0.25, 0.3) is 11.3 Å². The number of nitrogens with one attached hydrogen (secondary N) is 1. The van der Waals surface area contributed by atoms with Crippen LogP contribution in [0.3, 0.4) is 0 Å². The van der Waals surface area contributed by atoms with Crippen LogP contribution in [0.2, 0.25) is 5.02 Å². The molecule has 0 radical (unpaired) electrons. The molecule has 1 unspecified atom stereocenters. The lowest BCUT2D eigenvalue weighted by Crippen LogP contribution is -2.41. The molecule has 1 amide bonds. The second-order valence-corrected chi connectivity index (χ2v) is 6.04. The lowest BCUT2D eigenvalue weighted by Gasteiger charge is -2.31. The molecule has 116 valence electrons. The van der Waals surface area contributed by atoms with E-state index in [4.69, 9.17) is 11.6 Å². The quantitative estimate of drug-likeness (QED) is 0.913. The van der Waals surface area contributed by atoms with Crippen LogP contribution < -0.4 is 0 Å². The number of nitrogens with zero attached hydrogens (tertiary/aromatic N) is 2. The van der Waals surface area contributed by atoms with Gasteiger partial charge in [0.25, 0.3) is 5.91 Å². The number of likely N-dealkylation sites (tertiary alicyclic amines) is 1. The first-order chi connectivity index (χ1) is 10.7. The van der Waals surface area contributed by atoms with Crippen LogP contribution in [-0.2, 0) is 0 Å². The zero-order chi connectivity index (χ0) is 15.5. The highest BCUT2D eigenvalue weighted by Crippen LogP contribution is 2.25. The highest BCUT2D eigenvalue weighted by atomic mass is 35.5. The summed E-state index contributed by atoms with van der Waals surface area (Å²) in [6.07, 6.45) is 3.45. The summed E-state index contributed by atoms with van der Waals surface area (Å²) in [7, 11) is 0. The van der Waals surface area contributed by atoms with Crippen molar-refractivity contribution in [1.29, 1.82) is 0 Å². The molecule has 0 saturated carbocycles. The predicted molar refractivity (Wildman–Crippen MR) is 84.7 cm³/mol. The lowest BCUT2D eigenvalue weighted by molar-refractivity contribution is 0.0621. The summed E-state index contributed by atoms with van der Waals surface area (Å²) < 4.78 is 0. The number of hydrogen-bond donors (Lipinski definition) is 2.